The van der Waals surface area contributed by atoms with E-state index in [0.29, 0.717) is 0 Å². The Balaban J connectivity index is 4.19. The molecule has 0 radical (unpaired) electrons. The molecule has 0 saturated heterocycles. The quantitative estimate of drug-likeness (QED) is 0.664. The van der Waals surface area contributed by atoms with Gasteiger partial charge in [0.25, 0.3) is 0 Å². The van der Waals surface area contributed by atoms with E-state index in [1.54, 1.807) is 0 Å². The third kappa shape index (κ3) is 3.02. The first-order chi connectivity index (χ1) is 5.64. The number of hydrogen-bond acceptors (Lipinski definition) is 1. The largest absolute Gasteiger partial charge is 0.350 e. The van der Waals surface area contributed by atoms with Gasteiger partial charge >= 0.3 is 0 Å². The molecular formula is C9H18ClNO. The predicted molar refractivity (Wildman–Crippen MR) is 52.5 cm³/mol. The summed E-state index contributed by atoms with van der Waals surface area (Å²) < 4.78 is 0. The van der Waals surface area contributed by atoms with Gasteiger partial charge in [0.15, 0.2) is 0 Å². The van der Waals surface area contributed by atoms with Crippen molar-refractivity contribution in [3.63, 3.8) is 0 Å². The molecule has 0 spiro atoms. The molecule has 0 rings (SSSR count). The normalized spacial score (nSPS) is 11.3. The number of carbonyl (C=O) groups is 1. The number of alkyl halides is 1. The zero-order valence-electron chi connectivity index (χ0n) is 8.11. The summed E-state index contributed by atoms with van der Waals surface area (Å²) in [5, 5.41) is 2.96. The van der Waals surface area contributed by atoms with Crippen molar-refractivity contribution < 1.29 is 4.79 Å². The highest BCUT2D eigenvalue weighted by Gasteiger charge is 2.24. The lowest BCUT2D eigenvalue weighted by Crippen LogP contribution is -2.47. The van der Waals surface area contributed by atoms with E-state index < -0.39 is 0 Å². The minimum atomic E-state index is -0.0674. The second-order valence-electron chi connectivity index (χ2n) is 3.02. The average molecular weight is 192 g/mol. The Kier molecular flexibility index (Phi) is 5.31. The fourth-order valence-electron chi connectivity index (χ4n) is 1.34. The van der Waals surface area contributed by atoms with Gasteiger partial charge in [0.1, 0.15) is 5.88 Å². The van der Waals surface area contributed by atoms with Crippen molar-refractivity contribution in [2.75, 3.05) is 5.88 Å². The van der Waals surface area contributed by atoms with Gasteiger partial charge in [0, 0.05) is 5.54 Å². The van der Waals surface area contributed by atoms with Crippen LogP contribution in [0.4, 0.5) is 0 Å². The van der Waals surface area contributed by atoms with E-state index in [1.165, 1.54) is 0 Å². The summed E-state index contributed by atoms with van der Waals surface area (Å²) in [6, 6.07) is 0. The fourth-order valence-corrected chi connectivity index (χ4v) is 1.41. The molecule has 0 heterocycles. The van der Waals surface area contributed by atoms with Crippen LogP contribution in [0.2, 0.25) is 0 Å². The van der Waals surface area contributed by atoms with Crippen LogP contribution in [0, 0.1) is 0 Å². The van der Waals surface area contributed by atoms with Crippen molar-refractivity contribution in [3.05, 3.63) is 0 Å². The molecule has 0 aliphatic carbocycles. The Labute approximate surface area is 79.7 Å². The molecule has 0 fully saturated rings. The number of carbonyl (C=O) groups excluding carboxylic acids is 1. The minimum absolute atomic E-state index is 0.0357. The molecule has 0 aromatic heterocycles. The molecule has 3 heteroatoms. The summed E-state index contributed by atoms with van der Waals surface area (Å²) in [6.07, 6.45) is 2.88. The molecule has 1 amide bonds. The molecular weight excluding hydrogens is 174 g/mol. The first-order valence-electron chi connectivity index (χ1n) is 4.51. The number of halogens is 1. The lowest BCUT2D eigenvalue weighted by molar-refractivity contribution is -0.120. The van der Waals surface area contributed by atoms with Crippen molar-refractivity contribution in [2.24, 2.45) is 0 Å². The van der Waals surface area contributed by atoms with Crippen molar-refractivity contribution in [2.45, 2.75) is 45.6 Å². The van der Waals surface area contributed by atoms with E-state index in [2.05, 4.69) is 26.1 Å². The Bertz CT molecular complexity index is 135. The van der Waals surface area contributed by atoms with E-state index in [9.17, 15) is 4.79 Å². The van der Waals surface area contributed by atoms with Crippen LogP contribution in [0.5, 0.6) is 0 Å². The monoisotopic (exact) mass is 191 g/mol. The van der Waals surface area contributed by atoms with Gasteiger partial charge in [-0.3, -0.25) is 4.79 Å². The van der Waals surface area contributed by atoms with Gasteiger partial charge < -0.3 is 5.32 Å². The van der Waals surface area contributed by atoms with Crippen LogP contribution < -0.4 is 5.32 Å². The SMILES string of the molecule is CCC(CC)(CC)NC(=O)CCl. The molecule has 0 aliphatic rings. The number of rotatable bonds is 5. The molecule has 1 N–H and O–H groups in total. The highest BCUT2D eigenvalue weighted by Crippen LogP contribution is 2.18. The third-order valence-corrected chi connectivity index (χ3v) is 2.80. The second-order valence-corrected chi connectivity index (χ2v) is 3.29. The van der Waals surface area contributed by atoms with Gasteiger partial charge in [-0.05, 0) is 19.3 Å². The highest BCUT2D eigenvalue weighted by molar-refractivity contribution is 6.27. The van der Waals surface area contributed by atoms with Gasteiger partial charge in [-0.15, -0.1) is 11.6 Å². The van der Waals surface area contributed by atoms with Gasteiger partial charge in [0.05, 0.1) is 0 Å². The van der Waals surface area contributed by atoms with Gasteiger partial charge in [0.2, 0.25) is 5.91 Å². The summed E-state index contributed by atoms with van der Waals surface area (Å²) in [5.41, 5.74) is -0.0357. The third-order valence-electron chi connectivity index (χ3n) is 2.56. The van der Waals surface area contributed by atoms with Crippen molar-refractivity contribution in [3.8, 4) is 0 Å². The first kappa shape index (κ1) is 11.8. The van der Waals surface area contributed by atoms with Crippen LogP contribution in [0.3, 0.4) is 0 Å². The number of nitrogens with one attached hydrogen (secondary N) is 1. The Hall–Kier alpha value is -0.240. The fraction of sp³-hybridized carbons (Fsp3) is 0.889. The van der Waals surface area contributed by atoms with E-state index >= 15 is 0 Å². The first-order valence-corrected chi connectivity index (χ1v) is 5.04. The Morgan fingerprint density at radius 2 is 1.67 bits per heavy atom. The molecule has 72 valence electrons. The molecule has 0 bridgehead atoms. The summed E-state index contributed by atoms with van der Waals surface area (Å²) in [7, 11) is 0. The molecule has 0 aromatic carbocycles. The van der Waals surface area contributed by atoms with Gasteiger partial charge in [-0.25, -0.2) is 0 Å². The van der Waals surface area contributed by atoms with E-state index in [0.717, 1.165) is 19.3 Å². The zero-order chi connectivity index (χ0) is 9.61. The van der Waals surface area contributed by atoms with Crippen LogP contribution >= 0.6 is 11.6 Å². The van der Waals surface area contributed by atoms with Gasteiger partial charge in [-0.1, -0.05) is 20.8 Å². The van der Waals surface area contributed by atoms with Crippen molar-refractivity contribution in [1.82, 2.24) is 5.32 Å². The molecule has 12 heavy (non-hydrogen) atoms. The predicted octanol–water partition coefficient (Wildman–Crippen LogP) is 2.31. The van der Waals surface area contributed by atoms with Crippen molar-refractivity contribution >= 4 is 17.5 Å². The molecule has 0 unspecified atom stereocenters. The summed E-state index contributed by atoms with van der Waals surface area (Å²) in [5.74, 6) is -0.0101. The lowest BCUT2D eigenvalue weighted by Gasteiger charge is -2.31. The Morgan fingerprint density at radius 1 is 1.25 bits per heavy atom. The van der Waals surface area contributed by atoms with E-state index in [-0.39, 0.29) is 17.3 Å². The van der Waals surface area contributed by atoms with E-state index in [4.69, 9.17) is 11.6 Å². The maximum Gasteiger partial charge on any atom is 0.235 e. The van der Waals surface area contributed by atoms with Gasteiger partial charge in [-0.2, -0.15) is 0 Å². The molecule has 0 aliphatic heterocycles. The highest BCUT2D eigenvalue weighted by atomic mass is 35.5. The van der Waals surface area contributed by atoms with Crippen LogP contribution in [-0.2, 0) is 4.79 Å². The lowest BCUT2D eigenvalue weighted by atomic mass is 9.90. The number of amides is 1. The van der Waals surface area contributed by atoms with Crippen LogP contribution in [0.1, 0.15) is 40.0 Å². The summed E-state index contributed by atoms with van der Waals surface area (Å²) >= 11 is 5.42. The average Bonchev–Trinajstić information content (AvgIpc) is 2.14. The maximum absolute atomic E-state index is 11.1. The minimum Gasteiger partial charge on any atom is -0.350 e. The Morgan fingerprint density at radius 3 is 1.92 bits per heavy atom. The molecule has 2 nitrogen and oxygen atoms in total. The molecule has 0 saturated carbocycles. The second kappa shape index (κ2) is 5.41. The van der Waals surface area contributed by atoms with Crippen molar-refractivity contribution in [1.29, 1.82) is 0 Å². The number of hydrogen-bond donors (Lipinski definition) is 1. The molecule has 0 aromatic rings. The maximum atomic E-state index is 11.1. The zero-order valence-corrected chi connectivity index (χ0v) is 8.87. The smallest absolute Gasteiger partial charge is 0.235 e. The summed E-state index contributed by atoms with van der Waals surface area (Å²) in [4.78, 5) is 11.1. The van der Waals surface area contributed by atoms with E-state index in [1.807, 2.05) is 0 Å². The summed E-state index contributed by atoms with van der Waals surface area (Å²) in [6.45, 7) is 6.25. The topological polar surface area (TPSA) is 29.1 Å². The molecule has 0 atom stereocenters. The van der Waals surface area contributed by atoms with Crippen LogP contribution in [0.15, 0.2) is 0 Å². The van der Waals surface area contributed by atoms with Crippen LogP contribution in [0.25, 0.3) is 0 Å². The standard InChI is InChI=1S/C9H18ClNO/c1-4-9(5-2,6-3)11-8(12)7-10/h4-7H2,1-3H3,(H,11,12). The van der Waals surface area contributed by atoms with Crippen LogP contribution in [-0.4, -0.2) is 17.3 Å².